The second-order valence-corrected chi connectivity index (χ2v) is 10.1. The molecule has 2 saturated carbocycles. The van der Waals surface area contributed by atoms with Crippen LogP contribution in [0.3, 0.4) is 0 Å². The van der Waals surface area contributed by atoms with Crippen molar-refractivity contribution in [3.63, 3.8) is 0 Å². The van der Waals surface area contributed by atoms with Crippen LogP contribution in [-0.2, 0) is 11.7 Å². The summed E-state index contributed by atoms with van der Waals surface area (Å²) >= 11 is 0. The van der Waals surface area contributed by atoms with Crippen LogP contribution in [0.2, 0.25) is 0 Å². The third kappa shape index (κ3) is 2.78. The van der Waals surface area contributed by atoms with Gasteiger partial charge in [0.15, 0.2) is 11.5 Å². The van der Waals surface area contributed by atoms with E-state index in [1.165, 1.54) is 23.3 Å². The predicted molar refractivity (Wildman–Crippen MR) is 128 cm³/mol. The molecule has 4 unspecified atom stereocenters. The van der Waals surface area contributed by atoms with E-state index in [2.05, 4.69) is 46.5 Å². The van der Waals surface area contributed by atoms with Crippen LogP contribution in [0, 0.1) is 11.3 Å². The zero-order valence-electron chi connectivity index (χ0n) is 19.1. The van der Waals surface area contributed by atoms with Crippen LogP contribution in [-0.4, -0.2) is 15.0 Å². The van der Waals surface area contributed by atoms with Gasteiger partial charge < -0.3 is 5.32 Å². The number of hydrogen-bond donors (Lipinski definition) is 1. The highest BCUT2D eigenvalue weighted by Gasteiger charge is 2.84. The molecular formula is C28H23F3N4. The molecule has 2 fully saturated rings. The van der Waals surface area contributed by atoms with Crippen LogP contribution in [0.1, 0.15) is 48.8 Å². The van der Waals surface area contributed by atoms with E-state index in [9.17, 15) is 13.2 Å². The Kier molecular flexibility index (Phi) is 4.05. The molecule has 0 saturated heterocycles. The van der Waals surface area contributed by atoms with Crippen molar-refractivity contribution >= 4 is 16.9 Å². The molecule has 2 aromatic heterocycles. The van der Waals surface area contributed by atoms with Crippen molar-refractivity contribution in [2.75, 3.05) is 5.32 Å². The first-order valence-corrected chi connectivity index (χ1v) is 12.0. The molecular weight excluding hydrogens is 449 g/mol. The molecule has 0 bridgehead atoms. The molecule has 3 aliphatic rings. The standard InChI is InChI=1S/C28H23F3N4/c1-2-16-17-8-3-5-11-20(17)27(15-26(27)14-22(16)26)35-25-19-10-7-13-32-23(19)33-24(34-25)18-9-4-6-12-21(18)28(29,30)31/h3-13,16,22H,2,14-15H2,1H3,(H,32,33,34,35). The number of hydrogen-bond acceptors (Lipinski definition) is 4. The Hall–Kier alpha value is -3.48. The zero-order valence-corrected chi connectivity index (χ0v) is 19.1. The van der Waals surface area contributed by atoms with Gasteiger partial charge in [-0.05, 0) is 60.4 Å². The summed E-state index contributed by atoms with van der Waals surface area (Å²) in [6, 6.07) is 17.8. The number of nitrogens with zero attached hydrogens (tertiary/aromatic N) is 3. The SMILES string of the molecule is CCC1c2ccccc2C2(Nc3nc(-c4ccccc4C(F)(F)F)nc4ncccc34)CC23CC13. The number of anilines is 1. The first-order valence-electron chi connectivity index (χ1n) is 12.0. The molecule has 4 aromatic rings. The molecule has 176 valence electrons. The minimum Gasteiger partial charge on any atom is -0.359 e. The van der Waals surface area contributed by atoms with Crippen LogP contribution in [0.4, 0.5) is 19.0 Å². The second-order valence-electron chi connectivity index (χ2n) is 10.1. The number of benzene rings is 2. The lowest BCUT2D eigenvalue weighted by Crippen LogP contribution is -2.30. The Morgan fingerprint density at radius 3 is 2.63 bits per heavy atom. The predicted octanol–water partition coefficient (Wildman–Crippen LogP) is 6.94. The Balaban J connectivity index is 1.40. The number of pyridine rings is 1. The van der Waals surface area contributed by atoms with Gasteiger partial charge in [0.05, 0.1) is 16.5 Å². The summed E-state index contributed by atoms with van der Waals surface area (Å²) in [6.07, 6.45) is 0.383. The van der Waals surface area contributed by atoms with E-state index >= 15 is 0 Å². The van der Waals surface area contributed by atoms with Crippen molar-refractivity contribution in [2.24, 2.45) is 11.3 Å². The van der Waals surface area contributed by atoms with E-state index in [1.54, 1.807) is 12.3 Å². The summed E-state index contributed by atoms with van der Waals surface area (Å²) in [6.45, 7) is 2.25. The number of alkyl halides is 3. The molecule has 4 nitrogen and oxygen atoms in total. The van der Waals surface area contributed by atoms with Crippen LogP contribution in [0.15, 0.2) is 66.9 Å². The summed E-state index contributed by atoms with van der Waals surface area (Å²) < 4.78 is 41.4. The molecule has 0 radical (unpaired) electrons. The van der Waals surface area contributed by atoms with E-state index < -0.39 is 11.7 Å². The molecule has 1 spiro atoms. The minimum absolute atomic E-state index is 0.0283. The van der Waals surface area contributed by atoms with Crippen LogP contribution in [0.5, 0.6) is 0 Å². The summed E-state index contributed by atoms with van der Waals surface area (Å²) in [5, 5.41) is 4.47. The quantitative estimate of drug-likeness (QED) is 0.350. The highest BCUT2D eigenvalue weighted by atomic mass is 19.4. The highest BCUT2D eigenvalue weighted by molar-refractivity contribution is 5.89. The molecule has 35 heavy (non-hydrogen) atoms. The molecule has 3 aliphatic carbocycles. The fourth-order valence-corrected chi connectivity index (χ4v) is 6.82. The van der Waals surface area contributed by atoms with E-state index in [1.807, 2.05) is 12.1 Å². The monoisotopic (exact) mass is 472 g/mol. The summed E-state index contributed by atoms with van der Waals surface area (Å²) in [7, 11) is 0. The van der Waals surface area contributed by atoms with Gasteiger partial charge in [-0.15, -0.1) is 0 Å². The molecule has 4 atom stereocenters. The van der Waals surface area contributed by atoms with E-state index in [0.717, 1.165) is 25.3 Å². The number of aromatic nitrogens is 3. The maximum absolute atomic E-state index is 13.8. The lowest BCUT2D eigenvalue weighted by Gasteiger charge is -2.32. The first-order chi connectivity index (χ1) is 16.9. The van der Waals surface area contributed by atoms with Crippen LogP contribution in [0.25, 0.3) is 22.4 Å². The molecule has 0 aliphatic heterocycles. The fourth-order valence-electron chi connectivity index (χ4n) is 6.82. The highest BCUT2D eigenvalue weighted by Crippen LogP contribution is 2.87. The lowest BCUT2D eigenvalue weighted by atomic mass is 9.78. The van der Waals surface area contributed by atoms with Gasteiger partial charge in [0.1, 0.15) is 5.82 Å². The summed E-state index contributed by atoms with van der Waals surface area (Å²) in [5.41, 5.74) is 2.22. The van der Waals surface area contributed by atoms with Gasteiger partial charge >= 0.3 is 6.18 Å². The smallest absolute Gasteiger partial charge is 0.359 e. The van der Waals surface area contributed by atoms with Gasteiger partial charge in [-0.2, -0.15) is 13.2 Å². The molecule has 7 heteroatoms. The van der Waals surface area contributed by atoms with Crippen molar-refractivity contribution in [1.82, 2.24) is 15.0 Å². The third-order valence-electron chi connectivity index (χ3n) is 8.46. The average molecular weight is 473 g/mol. The van der Waals surface area contributed by atoms with Gasteiger partial charge in [0.25, 0.3) is 0 Å². The molecule has 2 heterocycles. The van der Waals surface area contributed by atoms with Gasteiger partial charge in [0.2, 0.25) is 0 Å². The summed E-state index contributed by atoms with van der Waals surface area (Å²) in [4.78, 5) is 13.5. The van der Waals surface area contributed by atoms with Gasteiger partial charge in [-0.25, -0.2) is 15.0 Å². The Morgan fingerprint density at radius 1 is 1.00 bits per heavy atom. The Morgan fingerprint density at radius 2 is 1.80 bits per heavy atom. The minimum atomic E-state index is -4.51. The van der Waals surface area contributed by atoms with Crippen LogP contribution >= 0.6 is 0 Å². The summed E-state index contributed by atoms with van der Waals surface area (Å²) in [5.74, 6) is 1.76. The van der Waals surface area contributed by atoms with Crippen LogP contribution < -0.4 is 5.32 Å². The second kappa shape index (κ2) is 6.80. The largest absolute Gasteiger partial charge is 0.417 e. The number of nitrogens with one attached hydrogen (secondary N) is 1. The van der Waals surface area contributed by atoms with Crippen molar-refractivity contribution < 1.29 is 13.2 Å². The lowest BCUT2D eigenvalue weighted by molar-refractivity contribution is -0.137. The Labute approximate surface area is 200 Å². The van der Waals surface area contributed by atoms with Crippen molar-refractivity contribution in [3.8, 4) is 11.4 Å². The van der Waals surface area contributed by atoms with E-state index in [4.69, 9.17) is 4.98 Å². The normalized spacial score (nSPS) is 28.1. The first kappa shape index (κ1) is 20.9. The van der Waals surface area contributed by atoms with Gasteiger partial charge in [-0.3, -0.25) is 0 Å². The maximum atomic E-state index is 13.8. The average Bonchev–Trinajstić information content (AvgIpc) is 3.75. The maximum Gasteiger partial charge on any atom is 0.417 e. The van der Waals surface area contributed by atoms with E-state index in [0.29, 0.717) is 28.7 Å². The molecule has 0 amide bonds. The third-order valence-corrected chi connectivity index (χ3v) is 8.46. The molecule has 7 rings (SSSR count). The Bertz CT molecular complexity index is 1500. The topological polar surface area (TPSA) is 50.7 Å². The van der Waals surface area contributed by atoms with Crippen molar-refractivity contribution in [2.45, 2.75) is 43.8 Å². The number of halogens is 3. The van der Waals surface area contributed by atoms with Crippen molar-refractivity contribution in [3.05, 3.63) is 83.6 Å². The van der Waals surface area contributed by atoms with Gasteiger partial charge in [0, 0.05) is 17.2 Å². The van der Waals surface area contributed by atoms with Gasteiger partial charge in [-0.1, -0.05) is 49.4 Å². The zero-order chi connectivity index (χ0) is 24.0. The van der Waals surface area contributed by atoms with Crippen molar-refractivity contribution in [1.29, 1.82) is 0 Å². The number of rotatable bonds is 4. The molecule has 1 N–H and O–H groups in total. The number of fused-ring (bicyclic) bond motifs is 3. The fraction of sp³-hybridized carbons (Fsp3) is 0.321. The van der Waals surface area contributed by atoms with E-state index in [-0.39, 0.29) is 22.3 Å². The molecule has 2 aromatic carbocycles.